The molecule has 0 spiro atoms. The molecule has 1 aromatic carbocycles. The number of phenols is 1. The first kappa shape index (κ1) is 25.8. The molecule has 0 unspecified atom stereocenters. The summed E-state index contributed by atoms with van der Waals surface area (Å²) >= 11 is 0. The van der Waals surface area contributed by atoms with E-state index < -0.39 is 7.60 Å². The summed E-state index contributed by atoms with van der Waals surface area (Å²) in [5.74, 6) is 0.321. The van der Waals surface area contributed by atoms with Crippen LogP contribution in [0.15, 0.2) is 12.1 Å². The van der Waals surface area contributed by atoms with Gasteiger partial charge in [0.2, 0.25) is 0 Å². The Balaban J connectivity index is 0.00000576. The molecule has 0 aliphatic carbocycles. The van der Waals surface area contributed by atoms with Crippen molar-refractivity contribution in [1.82, 2.24) is 0 Å². The first-order valence-corrected chi connectivity index (χ1v) is 10.3. The van der Waals surface area contributed by atoms with E-state index in [9.17, 15) is 9.67 Å². The van der Waals surface area contributed by atoms with Gasteiger partial charge in [-0.25, -0.2) is 0 Å². The van der Waals surface area contributed by atoms with Gasteiger partial charge in [-0.1, -0.05) is 53.7 Å². The quantitative estimate of drug-likeness (QED) is 0.537. The zero-order chi connectivity index (χ0) is 18.8. The Kier molecular flexibility index (Phi) is 10.2. The molecule has 1 N–H and O–H groups in total. The predicted octanol–water partition coefficient (Wildman–Crippen LogP) is 5.10. The van der Waals surface area contributed by atoms with Crippen molar-refractivity contribution in [3.8, 4) is 5.75 Å². The van der Waals surface area contributed by atoms with Crippen molar-refractivity contribution in [2.75, 3.05) is 13.2 Å². The van der Waals surface area contributed by atoms with E-state index in [-0.39, 0.29) is 68.4 Å². The van der Waals surface area contributed by atoms with E-state index in [0.29, 0.717) is 19.0 Å². The van der Waals surface area contributed by atoms with Gasteiger partial charge in [-0.2, -0.15) is 0 Å². The molecule has 6 heteroatoms. The maximum absolute atomic E-state index is 12.9. The van der Waals surface area contributed by atoms with Crippen molar-refractivity contribution in [3.63, 3.8) is 0 Å². The normalized spacial score (nSPS) is 12.8. The third kappa shape index (κ3) is 7.38. The van der Waals surface area contributed by atoms with Crippen molar-refractivity contribution in [2.24, 2.45) is 0 Å². The van der Waals surface area contributed by atoms with Crippen LogP contribution in [0.25, 0.3) is 0 Å². The molecule has 0 saturated carbocycles. The summed E-state index contributed by atoms with van der Waals surface area (Å²) in [7, 11) is -3.18. The van der Waals surface area contributed by atoms with E-state index in [4.69, 9.17) is 9.05 Å². The molecule has 0 amide bonds. The van der Waals surface area contributed by atoms with E-state index in [1.54, 1.807) is 0 Å². The molecule has 0 radical (unpaired) electrons. The van der Waals surface area contributed by atoms with E-state index in [1.165, 1.54) is 0 Å². The number of phenolic OH excluding ortho intramolecular Hbond substituents is 1. The monoisotopic (exact) mass is 396 g/mol. The minimum atomic E-state index is -3.18. The molecule has 0 aliphatic heterocycles. The molecule has 0 fully saturated rings. The van der Waals surface area contributed by atoms with Crippen molar-refractivity contribution in [2.45, 2.75) is 72.4 Å². The van der Waals surface area contributed by atoms with Gasteiger partial charge in [-0.05, 0) is 41.4 Å². The second-order valence-electron chi connectivity index (χ2n) is 8.14. The number of hydrogen-bond acceptors (Lipinski definition) is 4. The van der Waals surface area contributed by atoms with Gasteiger partial charge in [0.1, 0.15) is 5.75 Å². The van der Waals surface area contributed by atoms with Gasteiger partial charge in [-0.3, -0.25) is 4.57 Å². The topological polar surface area (TPSA) is 55.8 Å². The minimum absolute atomic E-state index is 0. The summed E-state index contributed by atoms with van der Waals surface area (Å²) in [6.45, 7) is 16.7. The predicted molar refractivity (Wildman–Crippen MR) is 107 cm³/mol. The van der Waals surface area contributed by atoms with Crippen molar-refractivity contribution in [1.29, 1.82) is 0 Å². The molecule has 1 aromatic rings. The molecule has 140 valence electrons. The zero-order valence-electron chi connectivity index (χ0n) is 16.4. The number of rotatable bonds is 6. The summed E-state index contributed by atoms with van der Waals surface area (Å²) in [5, 5.41) is 10.8. The molecule has 0 saturated heterocycles. The van der Waals surface area contributed by atoms with E-state index in [0.717, 1.165) is 16.7 Å². The van der Waals surface area contributed by atoms with Crippen LogP contribution in [0.3, 0.4) is 0 Å². The van der Waals surface area contributed by atoms with Gasteiger partial charge in [0.05, 0.1) is 19.4 Å². The first-order valence-electron chi connectivity index (χ1n) is 8.59. The van der Waals surface area contributed by atoms with Gasteiger partial charge < -0.3 is 14.2 Å². The van der Waals surface area contributed by atoms with Crippen LogP contribution in [0, 0.1) is 0 Å². The zero-order valence-corrected chi connectivity index (χ0v) is 17.3. The molecule has 0 aromatic heterocycles. The first-order chi connectivity index (χ1) is 10.8. The summed E-state index contributed by atoms with van der Waals surface area (Å²) in [5.41, 5.74) is 2.13. The fraction of sp³-hybridized carbons (Fsp3) is 0.684. The summed E-state index contributed by atoms with van der Waals surface area (Å²) in [4.78, 5) is 0. The van der Waals surface area contributed by atoms with Crippen molar-refractivity contribution >= 4 is 59.0 Å². The maximum atomic E-state index is 12.9. The van der Waals surface area contributed by atoms with Crippen LogP contribution >= 0.6 is 7.60 Å². The average molecular weight is 397 g/mol. The van der Waals surface area contributed by atoms with E-state index in [1.807, 2.05) is 26.0 Å². The Morgan fingerprint density at radius 2 is 1.28 bits per heavy atom. The number of aromatic hydroxyl groups is 1. The van der Waals surface area contributed by atoms with E-state index in [2.05, 4.69) is 41.5 Å². The molecular weight excluding hydrogens is 362 g/mol. The molecule has 0 aliphatic rings. The van der Waals surface area contributed by atoms with Crippen LogP contribution in [0.4, 0.5) is 0 Å². The standard InChI is InChI=1S/C19H33O4P.K.H/c1-9-22-24(21,23-10-2)13-14-11-15(18(3,4)5)17(20)16(12-14)19(6,7)8;;/h11-12,20H,9-10,13H2,1-8H3;;. The fourth-order valence-electron chi connectivity index (χ4n) is 2.67. The summed E-state index contributed by atoms with van der Waals surface area (Å²) < 4.78 is 23.7. The summed E-state index contributed by atoms with van der Waals surface area (Å²) in [6.07, 6.45) is 0.209. The average Bonchev–Trinajstić information content (AvgIpc) is 2.38. The molecule has 4 nitrogen and oxygen atoms in total. The van der Waals surface area contributed by atoms with Crippen LogP contribution in [-0.2, 0) is 30.6 Å². The Hall–Kier alpha value is 0.806. The number of benzene rings is 1. The molecule has 0 atom stereocenters. The Morgan fingerprint density at radius 3 is 1.56 bits per heavy atom. The van der Waals surface area contributed by atoms with Gasteiger partial charge in [0.25, 0.3) is 0 Å². The van der Waals surface area contributed by atoms with Crippen molar-refractivity contribution in [3.05, 3.63) is 28.8 Å². The van der Waals surface area contributed by atoms with Crippen LogP contribution in [0.1, 0.15) is 72.1 Å². The second-order valence-corrected chi connectivity index (χ2v) is 10.2. The second kappa shape index (κ2) is 9.84. The van der Waals surface area contributed by atoms with Gasteiger partial charge in [0, 0.05) is 0 Å². The molecule has 1 rings (SSSR count). The molecular formula is C19H34KO4P. The Morgan fingerprint density at radius 1 is 0.920 bits per heavy atom. The van der Waals surface area contributed by atoms with Gasteiger partial charge in [0.15, 0.2) is 0 Å². The van der Waals surface area contributed by atoms with Gasteiger partial charge in [-0.15, -0.1) is 0 Å². The van der Waals surface area contributed by atoms with Crippen molar-refractivity contribution < 1.29 is 18.7 Å². The Bertz CT molecular complexity index is 570. The Labute approximate surface area is 196 Å². The van der Waals surface area contributed by atoms with Crippen LogP contribution in [0.2, 0.25) is 0 Å². The third-order valence-electron chi connectivity index (χ3n) is 3.81. The summed E-state index contributed by atoms with van der Waals surface area (Å²) in [6, 6.07) is 3.85. The fourth-order valence-corrected chi connectivity index (χ4v) is 4.35. The third-order valence-corrected chi connectivity index (χ3v) is 5.87. The van der Waals surface area contributed by atoms with Crippen LogP contribution < -0.4 is 0 Å². The number of hydrogen-bond donors (Lipinski definition) is 1. The molecule has 0 heterocycles. The van der Waals surface area contributed by atoms with Crippen LogP contribution in [-0.4, -0.2) is 69.7 Å². The molecule has 25 heavy (non-hydrogen) atoms. The molecule has 0 bridgehead atoms. The van der Waals surface area contributed by atoms with Gasteiger partial charge >= 0.3 is 59.0 Å². The van der Waals surface area contributed by atoms with Crippen LogP contribution in [0.5, 0.6) is 5.75 Å². The van der Waals surface area contributed by atoms with E-state index >= 15 is 0 Å². The SMILES string of the molecule is CCOP(=O)(Cc1cc(C(C)(C)C)c(O)c(C(C)(C)C)c1)OCC.[KH].